The Morgan fingerprint density at radius 2 is 1.90 bits per heavy atom. The lowest BCUT2D eigenvalue weighted by Crippen LogP contribution is -2.03. The van der Waals surface area contributed by atoms with Crippen molar-refractivity contribution in [2.24, 2.45) is 0 Å². The first-order valence-electron chi connectivity index (χ1n) is 6.72. The molecule has 3 heteroatoms. The summed E-state index contributed by atoms with van der Waals surface area (Å²) in [6, 6.07) is 13.3. The highest BCUT2D eigenvalue weighted by atomic mass is 16.5. The van der Waals surface area contributed by atoms with E-state index >= 15 is 0 Å². The van der Waals surface area contributed by atoms with Crippen LogP contribution in [0.5, 0.6) is 11.5 Å². The summed E-state index contributed by atoms with van der Waals surface area (Å²) >= 11 is 0. The summed E-state index contributed by atoms with van der Waals surface area (Å²) in [6.07, 6.45) is 3.13. The Kier molecular flexibility index (Phi) is 5.16. The van der Waals surface area contributed by atoms with Gasteiger partial charge in [-0.15, -0.1) is 6.58 Å². The molecule has 0 saturated heterocycles. The molecule has 2 aromatic carbocycles. The molecule has 0 spiro atoms. The van der Waals surface area contributed by atoms with Gasteiger partial charge in [0.15, 0.2) is 11.5 Å². The van der Waals surface area contributed by atoms with E-state index in [1.165, 1.54) is 0 Å². The van der Waals surface area contributed by atoms with Gasteiger partial charge in [-0.3, -0.25) is 4.79 Å². The van der Waals surface area contributed by atoms with E-state index in [1.54, 1.807) is 25.3 Å². The second-order valence-corrected chi connectivity index (χ2v) is 4.55. The van der Waals surface area contributed by atoms with E-state index < -0.39 is 0 Å². The molecule has 0 unspecified atom stereocenters. The van der Waals surface area contributed by atoms with Gasteiger partial charge in [0.1, 0.15) is 12.9 Å². The lowest BCUT2D eigenvalue weighted by Gasteiger charge is -2.16. The van der Waals surface area contributed by atoms with Gasteiger partial charge in [0.2, 0.25) is 0 Å². The van der Waals surface area contributed by atoms with E-state index in [4.69, 9.17) is 9.47 Å². The number of aldehydes is 1. The van der Waals surface area contributed by atoms with Crippen LogP contribution in [0.4, 0.5) is 0 Å². The third-order valence-electron chi connectivity index (χ3n) is 3.18. The Morgan fingerprint density at radius 3 is 2.52 bits per heavy atom. The molecule has 0 amide bonds. The van der Waals surface area contributed by atoms with E-state index in [0.717, 1.165) is 17.4 Å². The molecule has 0 aromatic heterocycles. The maximum absolute atomic E-state index is 11.2. The van der Waals surface area contributed by atoms with Gasteiger partial charge in [-0.25, -0.2) is 0 Å². The predicted octanol–water partition coefficient (Wildman–Crippen LogP) is 3.82. The third-order valence-corrected chi connectivity index (χ3v) is 3.18. The molecule has 0 N–H and O–H groups in total. The Balaban J connectivity index is 2.34. The van der Waals surface area contributed by atoms with E-state index in [1.807, 2.05) is 30.3 Å². The van der Waals surface area contributed by atoms with Gasteiger partial charge in [0, 0.05) is 11.1 Å². The van der Waals surface area contributed by atoms with Crippen molar-refractivity contribution in [3.05, 3.63) is 71.8 Å². The molecule has 0 bridgehead atoms. The smallest absolute Gasteiger partial charge is 0.165 e. The number of hydrogen-bond donors (Lipinski definition) is 0. The molecule has 0 heterocycles. The molecule has 2 aromatic rings. The van der Waals surface area contributed by atoms with Gasteiger partial charge >= 0.3 is 0 Å². The predicted molar refractivity (Wildman–Crippen MR) is 83.1 cm³/mol. The van der Waals surface area contributed by atoms with E-state index in [2.05, 4.69) is 6.58 Å². The zero-order valence-corrected chi connectivity index (χ0v) is 12.0. The first-order chi connectivity index (χ1) is 10.3. The maximum atomic E-state index is 11.2. The number of methoxy groups -OCH3 is 1. The van der Waals surface area contributed by atoms with Crippen molar-refractivity contribution in [1.29, 1.82) is 0 Å². The van der Waals surface area contributed by atoms with Crippen LogP contribution in [0.1, 0.15) is 21.5 Å². The zero-order chi connectivity index (χ0) is 15.1. The SMILES string of the molecule is C=CCc1c(C=O)ccc(OC)c1OCc1ccccc1. The average molecular weight is 282 g/mol. The van der Waals surface area contributed by atoms with E-state index in [9.17, 15) is 4.79 Å². The first kappa shape index (κ1) is 14.9. The largest absolute Gasteiger partial charge is 0.493 e. The minimum absolute atomic E-state index is 0.420. The van der Waals surface area contributed by atoms with Crippen LogP contribution in [-0.4, -0.2) is 13.4 Å². The highest BCUT2D eigenvalue weighted by Gasteiger charge is 2.14. The monoisotopic (exact) mass is 282 g/mol. The fraction of sp³-hybridized carbons (Fsp3) is 0.167. The number of benzene rings is 2. The molecular formula is C18H18O3. The maximum Gasteiger partial charge on any atom is 0.165 e. The summed E-state index contributed by atoms with van der Waals surface area (Å²) in [6.45, 7) is 4.15. The zero-order valence-electron chi connectivity index (χ0n) is 12.0. The van der Waals surface area contributed by atoms with Crippen LogP contribution in [0.25, 0.3) is 0 Å². The summed E-state index contributed by atoms with van der Waals surface area (Å²) in [7, 11) is 1.59. The molecule has 2 rings (SSSR count). The van der Waals surface area contributed by atoms with Crippen LogP contribution < -0.4 is 9.47 Å². The number of ether oxygens (including phenoxy) is 2. The summed E-state index contributed by atoms with van der Waals surface area (Å²) in [5.74, 6) is 1.22. The molecule has 0 aliphatic rings. The average Bonchev–Trinajstić information content (AvgIpc) is 2.54. The number of hydrogen-bond acceptors (Lipinski definition) is 3. The fourth-order valence-corrected chi connectivity index (χ4v) is 2.14. The van der Waals surface area contributed by atoms with Crippen LogP contribution >= 0.6 is 0 Å². The molecule has 108 valence electrons. The van der Waals surface area contributed by atoms with Gasteiger partial charge in [-0.2, -0.15) is 0 Å². The third kappa shape index (κ3) is 3.51. The minimum atomic E-state index is 0.420. The topological polar surface area (TPSA) is 35.5 Å². The highest BCUT2D eigenvalue weighted by molar-refractivity contribution is 5.80. The van der Waals surface area contributed by atoms with Crippen molar-refractivity contribution in [1.82, 2.24) is 0 Å². The van der Waals surface area contributed by atoms with Gasteiger partial charge in [-0.05, 0) is 24.1 Å². The fourth-order valence-electron chi connectivity index (χ4n) is 2.14. The van der Waals surface area contributed by atoms with Gasteiger partial charge in [0.25, 0.3) is 0 Å². The van der Waals surface area contributed by atoms with Crippen molar-refractivity contribution < 1.29 is 14.3 Å². The second-order valence-electron chi connectivity index (χ2n) is 4.55. The molecular weight excluding hydrogens is 264 g/mol. The Labute approximate surface area is 124 Å². The lowest BCUT2D eigenvalue weighted by atomic mass is 10.0. The van der Waals surface area contributed by atoms with Crippen LogP contribution in [0, 0.1) is 0 Å². The van der Waals surface area contributed by atoms with Crippen molar-refractivity contribution in [2.45, 2.75) is 13.0 Å². The van der Waals surface area contributed by atoms with Gasteiger partial charge in [-0.1, -0.05) is 36.4 Å². The number of allylic oxidation sites excluding steroid dienone is 1. The molecule has 0 saturated carbocycles. The van der Waals surface area contributed by atoms with Crippen LogP contribution in [0.3, 0.4) is 0 Å². The van der Waals surface area contributed by atoms with E-state index in [0.29, 0.717) is 30.1 Å². The van der Waals surface area contributed by atoms with Crippen molar-refractivity contribution >= 4 is 6.29 Å². The van der Waals surface area contributed by atoms with Crippen LogP contribution in [0.15, 0.2) is 55.1 Å². The van der Waals surface area contributed by atoms with Crippen molar-refractivity contribution in [3.63, 3.8) is 0 Å². The van der Waals surface area contributed by atoms with Crippen LogP contribution in [0.2, 0.25) is 0 Å². The van der Waals surface area contributed by atoms with Gasteiger partial charge < -0.3 is 9.47 Å². The Morgan fingerprint density at radius 1 is 1.14 bits per heavy atom. The first-order valence-corrected chi connectivity index (χ1v) is 6.72. The van der Waals surface area contributed by atoms with Crippen molar-refractivity contribution in [3.8, 4) is 11.5 Å². The lowest BCUT2D eigenvalue weighted by molar-refractivity contribution is 0.112. The summed E-state index contributed by atoms with van der Waals surface area (Å²) < 4.78 is 11.3. The molecule has 3 nitrogen and oxygen atoms in total. The molecule has 0 atom stereocenters. The van der Waals surface area contributed by atoms with Crippen molar-refractivity contribution in [2.75, 3.05) is 7.11 Å². The molecule has 0 aliphatic carbocycles. The van der Waals surface area contributed by atoms with Crippen LogP contribution in [-0.2, 0) is 13.0 Å². The van der Waals surface area contributed by atoms with E-state index in [-0.39, 0.29) is 0 Å². The summed E-state index contributed by atoms with van der Waals surface area (Å²) in [4.78, 5) is 11.2. The number of carbonyl (C=O) groups is 1. The summed E-state index contributed by atoms with van der Waals surface area (Å²) in [5, 5.41) is 0. The minimum Gasteiger partial charge on any atom is -0.493 e. The number of carbonyl (C=O) groups excluding carboxylic acids is 1. The quantitative estimate of drug-likeness (QED) is 0.572. The molecule has 0 fully saturated rings. The standard InChI is InChI=1S/C18H18O3/c1-3-7-16-15(12-19)10-11-17(20-2)18(16)21-13-14-8-5-4-6-9-14/h3-6,8-12H,1,7,13H2,2H3. The van der Waals surface area contributed by atoms with Gasteiger partial charge in [0.05, 0.1) is 7.11 Å². The second kappa shape index (κ2) is 7.29. The molecule has 21 heavy (non-hydrogen) atoms. The summed E-state index contributed by atoms with van der Waals surface area (Å²) in [5.41, 5.74) is 2.45. The normalized spacial score (nSPS) is 9.95. The molecule has 0 aliphatic heterocycles. The highest BCUT2D eigenvalue weighted by Crippen LogP contribution is 2.34. The molecule has 0 radical (unpaired) electrons. The number of rotatable bonds is 7. The Bertz CT molecular complexity index is 618. The Hall–Kier alpha value is -2.55.